The van der Waals surface area contributed by atoms with Crippen molar-refractivity contribution in [1.82, 2.24) is 9.88 Å². The Bertz CT molecular complexity index is 1290. The zero-order valence-electron chi connectivity index (χ0n) is 19.8. The average molecular weight is 459 g/mol. The van der Waals surface area contributed by atoms with E-state index in [4.69, 9.17) is 9.47 Å². The number of aryl methyl sites for hydroxylation is 2. The number of esters is 2. The van der Waals surface area contributed by atoms with Gasteiger partial charge in [-0.2, -0.15) is 0 Å². The topological polar surface area (TPSA) is 71.6 Å². The van der Waals surface area contributed by atoms with E-state index in [2.05, 4.69) is 22.9 Å². The van der Waals surface area contributed by atoms with Gasteiger partial charge in [-0.05, 0) is 69.7 Å². The van der Waals surface area contributed by atoms with Crippen LogP contribution in [0, 0.1) is 19.8 Å². The number of hydrogen-bond donors (Lipinski definition) is 1. The van der Waals surface area contributed by atoms with Gasteiger partial charge in [0.15, 0.2) is 5.72 Å². The molecule has 2 aromatic carbocycles. The third kappa shape index (κ3) is 3.19. The predicted molar refractivity (Wildman–Crippen MR) is 129 cm³/mol. The van der Waals surface area contributed by atoms with Gasteiger partial charge in [0, 0.05) is 47.6 Å². The molecule has 1 spiro atoms. The van der Waals surface area contributed by atoms with Crippen LogP contribution in [0.1, 0.15) is 69.6 Å². The van der Waals surface area contributed by atoms with Crippen molar-refractivity contribution in [2.75, 3.05) is 13.1 Å². The van der Waals surface area contributed by atoms with Crippen LogP contribution in [0.3, 0.4) is 0 Å². The van der Waals surface area contributed by atoms with Crippen molar-refractivity contribution in [3.05, 3.63) is 64.3 Å². The second kappa shape index (κ2) is 7.98. The van der Waals surface area contributed by atoms with Crippen molar-refractivity contribution < 1.29 is 19.1 Å². The van der Waals surface area contributed by atoms with Crippen LogP contribution in [-0.4, -0.2) is 40.6 Å². The number of piperidine rings is 2. The van der Waals surface area contributed by atoms with Gasteiger partial charge in [-0.1, -0.05) is 18.2 Å². The summed E-state index contributed by atoms with van der Waals surface area (Å²) < 4.78 is 12.3. The van der Waals surface area contributed by atoms with Crippen LogP contribution in [0.4, 0.5) is 0 Å². The summed E-state index contributed by atoms with van der Waals surface area (Å²) in [7, 11) is 0. The normalized spacial score (nSPS) is 24.0. The first-order chi connectivity index (χ1) is 16.5. The number of rotatable bonds is 2. The fourth-order valence-electron chi connectivity index (χ4n) is 6.49. The summed E-state index contributed by atoms with van der Waals surface area (Å²) in [5.74, 6) is 0.0385. The molecule has 0 saturated carbocycles. The minimum atomic E-state index is -0.638. The average Bonchev–Trinajstić information content (AvgIpc) is 3.18. The number of fused-ring (bicyclic) bond motifs is 3. The van der Waals surface area contributed by atoms with Gasteiger partial charge in [-0.15, -0.1) is 0 Å². The quantitative estimate of drug-likeness (QED) is 0.416. The molecule has 6 rings (SSSR count). The highest BCUT2D eigenvalue weighted by Crippen LogP contribution is 2.51. The Labute approximate surface area is 199 Å². The van der Waals surface area contributed by atoms with Crippen molar-refractivity contribution >= 4 is 22.8 Å². The second-order valence-electron chi connectivity index (χ2n) is 10.0. The minimum absolute atomic E-state index is 0.225. The lowest BCUT2D eigenvalue weighted by Gasteiger charge is -2.56. The molecular weight excluding hydrogens is 428 g/mol. The lowest BCUT2D eigenvalue weighted by atomic mass is 9.74. The SMILES string of the molecule is Cc1cc2[nH]c(C)c(C(=O)OC(=O)c3ccccc3)c2c2c1OC13CCCCN1CCCC3C2. The zero-order chi connectivity index (χ0) is 23.4. The van der Waals surface area contributed by atoms with E-state index >= 15 is 0 Å². The van der Waals surface area contributed by atoms with E-state index in [1.807, 2.05) is 13.0 Å². The van der Waals surface area contributed by atoms with E-state index in [1.165, 1.54) is 19.3 Å². The number of nitrogens with one attached hydrogen (secondary N) is 1. The number of H-pyrrole nitrogens is 1. The van der Waals surface area contributed by atoms with Crippen LogP contribution in [0.2, 0.25) is 0 Å². The molecule has 2 fully saturated rings. The second-order valence-corrected chi connectivity index (χ2v) is 10.0. The molecule has 34 heavy (non-hydrogen) atoms. The lowest BCUT2D eigenvalue weighted by molar-refractivity contribution is -0.177. The third-order valence-corrected chi connectivity index (χ3v) is 8.01. The van der Waals surface area contributed by atoms with Gasteiger partial charge in [0.25, 0.3) is 0 Å². The highest BCUT2D eigenvalue weighted by molar-refractivity contribution is 6.12. The molecule has 0 aliphatic carbocycles. The standard InChI is InChI=1S/C28H30N2O4/c1-17-15-22-24(23(18(2)29-22)27(32)33-26(31)19-9-4-3-5-10-19)21-16-20-11-8-14-30-13-7-6-12-28(20,30)34-25(17)21/h3-5,9-10,15,20,29H,6-8,11-14,16H2,1-2H3. The van der Waals surface area contributed by atoms with Crippen LogP contribution in [0.15, 0.2) is 36.4 Å². The van der Waals surface area contributed by atoms with Gasteiger partial charge in [0.05, 0.1) is 11.1 Å². The monoisotopic (exact) mass is 458 g/mol. The van der Waals surface area contributed by atoms with Crippen molar-refractivity contribution in [2.45, 2.75) is 58.1 Å². The predicted octanol–water partition coefficient (Wildman–Crippen LogP) is 5.31. The Morgan fingerprint density at radius 2 is 1.88 bits per heavy atom. The highest BCUT2D eigenvalue weighted by Gasteiger charge is 2.52. The zero-order valence-corrected chi connectivity index (χ0v) is 19.8. The number of hydrogen-bond acceptors (Lipinski definition) is 5. The Morgan fingerprint density at radius 3 is 2.71 bits per heavy atom. The molecular formula is C28H30N2O4. The Hall–Kier alpha value is -3.12. The molecule has 6 heteroatoms. The summed E-state index contributed by atoms with van der Waals surface area (Å²) in [6.45, 7) is 6.13. The molecule has 1 aromatic heterocycles. The van der Waals surface area contributed by atoms with E-state index in [0.717, 1.165) is 60.1 Å². The fourth-order valence-corrected chi connectivity index (χ4v) is 6.49. The van der Waals surface area contributed by atoms with Gasteiger partial charge >= 0.3 is 11.9 Å². The summed E-state index contributed by atoms with van der Waals surface area (Å²) >= 11 is 0. The number of aromatic nitrogens is 1. The largest absolute Gasteiger partial charge is 0.472 e. The molecule has 4 heterocycles. The van der Waals surface area contributed by atoms with Gasteiger partial charge in [-0.3, -0.25) is 4.90 Å². The van der Waals surface area contributed by atoms with E-state index < -0.39 is 11.9 Å². The van der Waals surface area contributed by atoms with Crippen molar-refractivity contribution in [2.24, 2.45) is 5.92 Å². The molecule has 2 saturated heterocycles. The van der Waals surface area contributed by atoms with Crippen LogP contribution >= 0.6 is 0 Å². The number of benzene rings is 2. The van der Waals surface area contributed by atoms with Crippen molar-refractivity contribution in [3.63, 3.8) is 0 Å². The molecule has 3 aliphatic rings. The maximum absolute atomic E-state index is 13.3. The molecule has 2 unspecified atom stereocenters. The van der Waals surface area contributed by atoms with Gasteiger partial charge < -0.3 is 14.5 Å². The van der Waals surface area contributed by atoms with E-state index in [0.29, 0.717) is 22.7 Å². The first-order valence-electron chi connectivity index (χ1n) is 12.4. The number of nitrogens with zero attached hydrogens (tertiary/aromatic N) is 1. The summed E-state index contributed by atoms with van der Waals surface area (Å²) in [6, 6.07) is 10.7. The van der Waals surface area contributed by atoms with Crippen molar-refractivity contribution in [3.8, 4) is 5.75 Å². The number of ether oxygens (including phenoxy) is 2. The summed E-state index contributed by atoms with van der Waals surface area (Å²) in [5, 5.41) is 0.840. The maximum Gasteiger partial charge on any atom is 0.348 e. The molecule has 2 atom stereocenters. The molecule has 0 bridgehead atoms. The van der Waals surface area contributed by atoms with E-state index in [-0.39, 0.29) is 5.72 Å². The number of carbonyl (C=O) groups is 2. The van der Waals surface area contributed by atoms with Crippen LogP contribution in [-0.2, 0) is 11.2 Å². The summed E-state index contributed by atoms with van der Waals surface area (Å²) in [5.41, 5.74) is 4.31. The Balaban J connectivity index is 1.43. The maximum atomic E-state index is 13.3. The smallest absolute Gasteiger partial charge is 0.348 e. The Morgan fingerprint density at radius 1 is 1.09 bits per heavy atom. The molecule has 1 N–H and O–H groups in total. The van der Waals surface area contributed by atoms with Crippen molar-refractivity contribution in [1.29, 1.82) is 0 Å². The van der Waals surface area contributed by atoms with Crippen LogP contribution < -0.4 is 4.74 Å². The summed E-state index contributed by atoms with van der Waals surface area (Å²) in [4.78, 5) is 31.8. The molecule has 6 nitrogen and oxygen atoms in total. The van der Waals surface area contributed by atoms with Gasteiger partial charge in [0.1, 0.15) is 5.75 Å². The number of aromatic amines is 1. The Kier molecular flexibility index (Phi) is 5.03. The van der Waals surface area contributed by atoms with Gasteiger partial charge in [0.2, 0.25) is 0 Å². The van der Waals surface area contributed by atoms with Crippen LogP contribution in [0.25, 0.3) is 10.9 Å². The molecule has 3 aliphatic heterocycles. The lowest BCUT2D eigenvalue weighted by Crippen LogP contribution is -2.64. The summed E-state index contributed by atoms with van der Waals surface area (Å²) in [6.07, 6.45) is 6.64. The number of carbonyl (C=O) groups excluding carboxylic acids is 2. The highest BCUT2D eigenvalue weighted by atomic mass is 16.6. The third-order valence-electron chi connectivity index (χ3n) is 8.01. The first kappa shape index (κ1) is 21.4. The van der Waals surface area contributed by atoms with Gasteiger partial charge in [-0.25, -0.2) is 9.59 Å². The fraction of sp³-hybridized carbons (Fsp3) is 0.429. The first-order valence-corrected chi connectivity index (χ1v) is 12.4. The molecule has 0 amide bonds. The van der Waals surface area contributed by atoms with E-state index in [1.54, 1.807) is 24.3 Å². The van der Waals surface area contributed by atoms with E-state index in [9.17, 15) is 9.59 Å². The molecule has 0 radical (unpaired) electrons. The molecule has 176 valence electrons. The molecule has 3 aromatic rings. The van der Waals surface area contributed by atoms with Crippen LogP contribution in [0.5, 0.6) is 5.75 Å². The minimum Gasteiger partial charge on any atom is -0.472 e.